The predicted molar refractivity (Wildman–Crippen MR) is 109 cm³/mol. The zero-order chi connectivity index (χ0) is 18.8. The molecule has 2 aromatic heterocycles. The lowest BCUT2D eigenvalue weighted by Gasteiger charge is -2.14. The highest BCUT2D eigenvalue weighted by molar-refractivity contribution is 7.99. The summed E-state index contributed by atoms with van der Waals surface area (Å²) in [6, 6.07) is 6.29. The molecule has 26 heavy (non-hydrogen) atoms. The van der Waals surface area contributed by atoms with Crippen molar-refractivity contribution >= 4 is 28.9 Å². The summed E-state index contributed by atoms with van der Waals surface area (Å²) in [5.74, 6) is 1.44. The van der Waals surface area contributed by atoms with E-state index in [4.69, 9.17) is 0 Å². The maximum atomic E-state index is 12.9. The van der Waals surface area contributed by atoms with Gasteiger partial charge in [-0.1, -0.05) is 23.9 Å². The molecule has 0 bridgehead atoms. The molecule has 4 nitrogen and oxygen atoms in total. The molecule has 0 fully saturated rings. The Morgan fingerprint density at radius 3 is 2.46 bits per heavy atom. The van der Waals surface area contributed by atoms with Gasteiger partial charge < -0.3 is 4.57 Å². The number of rotatable bonds is 6. The number of thioether (sulfide) groups is 1. The van der Waals surface area contributed by atoms with Crippen LogP contribution in [0.4, 0.5) is 0 Å². The van der Waals surface area contributed by atoms with Crippen LogP contribution < -0.4 is 0 Å². The molecule has 0 amide bonds. The molecule has 6 heteroatoms. The first-order chi connectivity index (χ1) is 12.4. The smallest absolute Gasteiger partial charge is 0.191 e. The molecule has 3 aromatic rings. The van der Waals surface area contributed by atoms with E-state index >= 15 is 0 Å². The molecule has 0 saturated heterocycles. The van der Waals surface area contributed by atoms with Crippen molar-refractivity contribution in [2.75, 3.05) is 5.75 Å². The molecule has 0 saturated carbocycles. The summed E-state index contributed by atoms with van der Waals surface area (Å²) >= 11 is 3.17. The van der Waals surface area contributed by atoms with Crippen molar-refractivity contribution in [2.24, 2.45) is 7.05 Å². The molecule has 0 atom stereocenters. The standard InChI is InChI=1S/C20H23N3OS2/c1-12-9-13(2)15(4)19(14(12)3)17(24)11-26-20-22-21-18(23(20)5)10-16-7-6-8-25-16/h6-9H,10-11H2,1-5H3. The lowest BCUT2D eigenvalue weighted by molar-refractivity contribution is 0.102. The van der Waals surface area contributed by atoms with Crippen LogP contribution >= 0.6 is 23.1 Å². The number of Topliss-reactive ketones (excluding diaryl/α,β-unsaturated/α-hetero) is 1. The van der Waals surface area contributed by atoms with Gasteiger partial charge in [0, 0.05) is 23.9 Å². The Balaban J connectivity index is 1.74. The Hall–Kier alpha value is -1.92. The van der Waals surface area contributed by atoms with Crippen LogP contribution in [0.2, 0.25) is 0 Å². The summed E-state index contributed by atoms with van der Waals surface area (Å²) in [5, 5.41) is 11.4. The zero-order valence-corrected chi connectivity index (χ0v) is 17.4. The number of hydrogen-bond acceptors (Lipinski definition) is 5. The topological polar surface area (TPSA) is 47.8 Å². The summed E-state index contributed by atoms with van der Waals surface area (Å²) in [4.78, 5) is 14.1. The maximum absolute atomic E-state index is 12.9. The number of hydrogen-bond donors (Lipinski definition) is 0. The molecule has 0 aliphatic rings. The molecule has 2 heterocycles. The van der Waals surface area contributed by atoms with Gasteiger partial charge in [-0.15, -0.1) is 21.5 Å². The van der Waals surface area contributed by atoms with Crippen LogP contribution in [0.25, 0.3) is 0 Å². The summed E-state index contributed by atoms with van der Waals surface area (Å²) in [6.07, 6.45) is 0.769. The van der Waals surface area contributed by atoms with Gasteiger partial charge in [-0.25, -0.2) is 0 Å². The van der Waals surface area contributed by atoms with Gasteiger partial charge in [-0.2, -0.15) is 0 Å². The summed E-state index contributed by atoms with van der Waals surface area (Å²) in [5.41, 5.74) is 5.35. The number of thiophene rings is 1. The second-order valence-corrected chi connectivity index (χ2v) is 8.54. The molecular weight excluding hydrogens is 362 g/mol. The van der Waals surface area contributed by atoms with Gasteiger partial charge in [0.1, 0.15) is 5.82 Å². The lowest BCUT2D eigenvalue weighted by Crippen LogP contribution is -2.10. The van der Waals surface area contributed by atoms with Crippen molar-refractivity contribution < 1.29 is 4.79 Å². The maximum Gasteiger partial charge on any atom is 0.191 e. The van der Waals surface area contributed by atoms with Crippen LogP contribution in [0, 0.1) is 27.7 Å². The predicted octanol–water partition coefficient (Wildman–Crippen LogP) is 4.68. The fraction of sp³-hybridized carbons (Fsp3) is 0.350. The highest BCUT2D eigenvalue weighted by Gasteiger charge is 2.18. The number of ketones is 1. The first-order valence-corrected chi connectivity index (χ1v) is 10.4. The highest BCUT2D eigenvalue weighted by atomic mass is 32.2. The Kier molecular flexibility index (Phi) is 5.63. The molecule has 3 rings (SSSR count). The number of benzene rings is 1. The second-order valence-electron chi connectivity index (χ2n) is 6.56. The zero-order valence-electron chi connectivity index (χ0n) is 15.8. The minimum absolute atomic E-state index is 0.152. The van der Waals surface area contributed by atoms with Gasteiger partial charge in [0.05, 0.1) is 5.75 Å². The number of carbonyl (C=O) groups excluding carboxylic acids is 1. The van der Waals surface area contributed by atoms with Crippen LogP contribution in [-0.4, -0.2) is 26.3 Å². The van der Waals surface area contributed by atoms with Crippen molar-refractivity contribution in [1.29, 1.82) is 0 Å². The number of aromatic nitrogens is 3. The minimum Gasteiger partial charge on any atom is -0.309 e. The van der Waals surface area contributed by atoms with Crippen molar-refractivity contribution in [1.82, 2.24) is 14.8 Å². The number of carbonyl (C=O) groups is 1. The van der Waals surface area contributed by atoms with Gasteiger partial charge in [0.25, 0.3) is 0 Å². The quantitative estimate of drug-likeness (QED) is 0.457. The van der Waals surface area contributed by atoms with Crippen LogP contribution in [0.1, 0.15) is 43.3 Å². The monoisotopic (exact) mass is 385 g/mol. The van der Waals surface area contributed by atoms with Crippen molar-refractivity contribution in [3.63, 3.8) is 0 Å². The molecule has 0 aliphatic carbocycles. The first kappa shape index (κ1) is 18.9. The SMILES string of the molecule is Cc1cc(C)c(C)c(C(=O)CSc2nnc(Cc3cccs3)n2C)c1C. The van der Waals surface area contributed by atoms with Crippen LogP contribution in [-0.2, 0) is 13.5 Å². The molecule has 0 unspecified atom stereocenters. The van der Waals surface area contributed by atoms with Gasteiger partial charge >= 0.3 is 0 Å². The Labute approximate surface area is 162 Å². The first-order valence-electron chi connectivity index (χ1n) is 8.52. The summed E-state index contributed by atoms with van der Waals surface area (Å²) in [7, 11) is 1.96. The fourth-order valence-corrected chi connectivity index (χ4v) is 4.53. The van der Waals surface area contributed by atoms with Crippen molar-refractivity contribution in [2.45, 2.75) is 39.3 Å². The van der Waals surface area contributed by atoms with E-state index in [-0.39, 0.29) is 5.78 Å². The minimum atomic E-state index is 0.152. The van der Waals surface area contributed by atoms with E-state index in [0.29, 0.717) is 5.75 Å². The highest BCUT2D eigenvalue weighted by Crippen LogP contribution is 2.25. The third-order valence-electron chi connectivity index (χ3n) is 4.81. The summed E-state index contributed by atoms with van der Waals surface area (Å²) in [6.45, 7) is 8.18. The molecule has 136 valence electrons. The van der Waals surface area contributed by atoms with Gasteiger partial charge in [0.15, 0.2) is 10.9 Å². The molecule has 0 spiro atoms. The number of aryl methyl sites for hydroxylation is 2. The van der Waals surface area contributed by atoms with Crippen LogP contribution in [0.15, 0.2) is 28.7 Å². The summed E-state index contributed by atoms with van der Waals surface area (Å²) < 4.78 is 1.98. The fourth-order valence-electron chi connectivity index (χ4n) is 3.03. The van der Waals surface area contributed by atoms with Crippen LogP contribution in [0.3, 0.4) is 0 Å². The molecule has 1 aromatic carbocycles. The van der Waals surface area contributed by atoms with Crippen molar-refractivity contribution in [3.8, 4) is 0 Å². The normalized spacial score (nSPS) is 11.1. The Morgan fingerprint density at radius 2 is 1.85 bits per heavy atom. The van der Waals surface area contributed by atoms with E-state index in [2.05, 4.69) is 41.6 Å². The molecule has 0 aliphatic heterocycles. The lowest BCUT2D eigenvalue weighted by atomic mass is 9.92. The average Bonchev–Trinajstić information content (AvgIpc) is 3.23. The third-order valence-corrected chi connectivity index (χ3v) is 6.71. The van der Waals surface area contributed by atoms with Gasteiger partial charge in [-0.05, 0) is 61.4 Å². The number of nitrogens with zero attached hydrogens (tertiary/aromatic N) is 3. The van der Waals surface area contributed by atoms with E-state index in [1.807, 2.05) is 31.5 Å². The van der Waals surface area contributed by atoms with E-state index in [1.54, 1.807) is 11.3 Å². The van der Waals surface area contributed by atoms with E-state index in [9.17, 15) is 4.79 Å². The van der Waals surface area contributed by atoms with E-state index in [1.165, 1.54) is 27.8 Å². The third kappa shape index (κ3) is 3.76. The Bertz CT molecular complexity index is 916. The van der Waals surface area contributed by atoms with E-state index < -0.39 is 0 Å². The molecule has 0 N–H and O–H groups in total. The van der Waals surface area contributed by atoms with E-state index in [0.717, 1.165) is 34.1 Å². The molecular formula is C20H23N3OS2. The largest absolute Gasteiger partial charge is 0.309 e. The average molecular weight is 386 g/mol. The Morgan fingerprint density at radius 1 is 1.15 bits per heavy atom. The molecule has 0 radical (unpaired) electrons. The second kappa shape index (κ2) is 7.76. The van der Waals surface area contributed by atoms with Crippen molar-refractivity contribution in [3.05, 3.63) is 62.1 Å². The van der Waals surface area contributed by atoms with Crippen LogP contribution in [0.5, 0.6) is 0 Å². The van der Waals surface area contributed by atoms with Gasteiger partial charge in [-0.3, -0.25) is 4.79 Å². The van der Waals surface area contributed by atoms with Gasteiger partial charge in [0.2, 0.25) is 0 Å².